The lowest BCUT2D eigenvalue weighted by Gasteiger charge is -2.14. The lowest BCUT2D eigenvalue weighted by molar-refractivity contribution is -0.137. The van der Waals surface area contributed by atoms with E-state index in [0.29, 0.717) is 18.3 Å². The molecule has 0 saturated carbocycles. The van der Waals surface area contributed by atoms with Crippen LogP contribution in [0.2, 0.25) is 0 Å². The van der Waals surface area contributed by atoms with E-state index < -0.39 is 63.5 Å². The van der Waals surface area contributed by atoms with Gasteiger partial charge in [-0.3, -0.25) is 4.72 Å². The molecule has 0 amide bonds. The molecule has 0 radical (unpaired) electrons. The van der Waals surface area contributed by atoms with Crippen LogP contribution in [-0.2, 0) is 22.9 Å². The molecule has 8 nitrogen and oxygen atoms in total. The van der Waals surface area contributed by atoms with Crippen molar-refractivity contribution in [3.63, 3.8) is 0 Å². The minimum absolute atomic E-state index is 0.193. The fraction of sp³-hybridized carbons (Fsp3) is 0.276. The first-order chi connectivity index (χ1) is 21.5. The summed E-state index contributed by atoms with van der Waals surface area (Å²) in [5, 5.41) is 5.72. The van der Waals surface area contributed by atoms with E-state index in [1.807, 2.05) is 4.72 Å². The molecule has 2 atom stereocenters. The molecular formula is C29H27F7N6O2S. The molecule has 0 aliphatic carbocycles. The van der Waals surface area contributed by atoms with E-state index in [-0.39, 0.29) is 23.0 Å². The molecule has 5 rings (SSSR count). The van der Waals surface area contributed by atoms with Crippen LogP contribution in [0.3, 0.4) is 0 Å². The third-order valence-electron chi connectivity index (χ3n) is 6.29. The van der Waals surface area contributed by atoms with Crippen LogP contribution in [0.15, 0.2) is 60.9 Å². The van der Waals surface area contributed by atoms with E-state index in [2.05, 4.69) is 25.6 Å². The highest BCUT2D eigenvalue weighted by molar-refractivity contribution is 7.85. The molecule has 1 saturated heterocycles. The number of pyridine rings is 1. The number of halogens is 7. The van der Waals surface area contributed by atoms with Crippen LogP contribution in [0.4, 0.5) is 42.4 Å². The van der Waals surface area contributed by atoms with Crippen molar-refractivity contribution < 1.29 is 39.7 Å². The SMILES string of the molecule is CNc1nccc(-c2cccnc2Oc2cc(F)c(NS(=O)Cc3ccc(C(F)(F)F)cc3)c(F)c2F)n1.FC1CCCNC1. The number of alkyl halides is 4. The quantitative estimate of drug-likeness (QED) is 0.142. The minimum Gasteiger partial charge on any atom is -0.435 e. The fourth-order valence-electron chi connectivity index (χ4n) is 4.04. The second kappa shape index (κ2) is 15.1. The van der Waals surface area contributed by atoms with E-state index >= 15 is 0 Å². The van der Waals surface area contributed by atoms with Gasteiger partial charge in [-0.2, -0.15) is 17.6 Å². The molecule has 240 valence electrons. The van der Waals surface area contributed by atoms with E-state index in [1.54, 1.807) is 19.2 Å². The Hall–Kier alpha value is -4.31. The molecule has 45 heavy (non-hydrogen) atoms. The van der Waals surface area contributed by atoms with Crippen molar-refractivity contribution in [2.45, 2.75) is 30.9 Å². The predicted molar refractivity (Wildman–Crippen MR) is 155 cm³/mol. The van der Waals surface area contributed by atoms with Crippen molar-refractivity contribution in [2.75, 3.05) is 30.2 Å². The van der Waals surface area contributed by atoms with Crippen molar-refractivity contribution in [1.29, 1.82) is 0 Å². The summed E-state index contributed by atoms with van der Waals surface area (Å²) in [6.45, 7) is 1.57. The number of hydrogen-bond acceptors (Lipinski definition) is 7. The van der Waals surface area contributed by atoms with Crippen LogP contribution in [-0.4, -0.2) is 45.5 Å². The lowest BCUT2D eigenvalue weighted by Crippen LogP contribution is -2.30. The number of ether oxygens (including phenoxy) is 1. The van der Waals surface area contributed by atoms with Crippen LogP contribution >= 0.6 is 0 Å². The number of nitrogens with one attached hydrogen (secondary N) is 3. The number of anilines is 2. The molecule has 1 fully saturated rings. The number of hydrogen-bond donors (Lipinski definition) is 3. The monoisotopic (exact) mass is 656 g/mol. The summed E-state index contributed by atoms with van der Waals surface area (Å²) in [5.41, 5.74) is -1.13. The second-order valence-electron chi connectivity index (χ2n) is 9.56. The topological polar surface area (TPSA) is 101 Å². The Morgan fingerprint density at radius 3 is 2.42 bits per heavy atom. The summed E-state index contributed by atoms with van der Waals surface area (Å²) >= 11 is 0. The first-order valence-electron chi connectivity index (χ1n) is 13.4. The van der Waals surface area contributed by atoms with Crippen LogP contribution in [0.5, 0.6) is 11.6 Å². The molecule has 2 aromatic heterocycles. The van der Waals surface area contributed by atoms with E-state index in [9.17, 15) is 34.9 Å². The Morgan fingerprint density at radius 1 is 1.04 bits per heavy atom. The third-order valence-corrected chi connectivity index (χ3v) is 7.32. The predicted octanol–water partition coefficient (Wildman–Crippen LogP) is 6.79. The zero-order valence-electron chi connectivity index (χ0n) is 23.6. The Morgan fingerprint density at radius 2 is 1.80 bits per heavy atom. The summed E-state index contributed by atoms with van der Waals surface area (Å²) in [6.07, 6.45) is -0.591. The van der Waals surface area contributed by atoms with Gasteiger partial charge in [-0.1, -0.05) is 12.1 Å². The molecular weight excluding hydrogens is 629 g/mol. The van der Waals surface area contributed by atoms with Gasteiger partial charge in [0, 0.05) is 32.1 Å². The zero-order valence-corrected chi connectivity index (χ0v) is 24.4. The summed E-state index contributed by atoms with van der Waals surface area (Å²) in [5.74, 6) is -5.77. The molecule has 0 bridgehead atoms. The molecule has 1 aliphatic rings. The average molecular weight is 657 g/mol. The van der Waals surface area contributed by atoms with Crippen molar-refractivity contribution >= 4 is 22.6 Å². The maximum Gasteiger partial charge on any atom is 0.416 e. The van der Waals surface area contributed by atoms with E-state index in [1.165, 1.54) is 18.5 Å². The minimum atomic E-state index is -4.55. The molecule has 2 aromatic carbocycles. The van der Waals surface area contributed by atoms with Crippen LogP contribution in [0.1, 0.15) is 24.0 Å². The Balaban J connectivity index is 0.000000580. The van der Waals surface area contributed by atoms with Gasteiger partial charge in [-0.15, -0.1) is 0 Å². The highest BCUT2D eigenvalue weighted by Crippen LogP contribution is 2.36. The molecule has 4 aromatic rings. The third kappa shape index (κ3) is 9.11. The lowest BCUT2D eigenvalue weighted by atomic mass is 10.1. The van der Waals surface area contributed by atoms with Gasteiger partial charge in [0.1, 0.15) is 22.8 Å². The smallest absolute Gasteiger partial charge is 0.416 e. The Labute approximate surface area is 256 Å². The number of nitrogens with zero attached hydrogens (tertiary/aromatic N) is 3. The molecule has 3 heterocycles. The zero-order chi connectivity index (χ0) is 32.6. The maximum atomic E-state index is 14.8. The summed E-state index contributed by atoms with van der Waals surface area (Å²) in [4.78, 5) is 12.2. The summed E-state index contributed by atoms with van der Waals surface area (Å²) < 4.78 is 114. The normalized spacial score (nSPS) is 15.4. The number of piperidine rings is 1. The van der Waals surface area contributed by atoms with Gasteiger partial charge in [-0.05, 0) is 55.3 Å². The van der Waals surface area contributed by atoms with Gasteiger partial charge < -0.3 is 15.4 Å². The van der Waals surface area contributed by atoms with Gasteiger partial charge >= 0.3 is 6.18 Å². The molecule has 0 spiro atoms. The first-order valence-corrected chi connectivity index (χ1v) is 14.8. The van der Waals surface area contributed by atoms with Crippen LogP contribution in [0.25, 0.3) is 11.3 Å². The number of benzene rings is 2. The van der Waals surface area contributed by atoms with Gasteiger partial charge in [0.15, 0.2) is 17.4 Å². The van der Waals surface area contributed by atoms with Crippen molar-refractivity contribution in [2.24, 2.45) is 0 Å². The average Bonchev–Trinajstić information content (AvgIpc) is 3.02. The molecule has 2 unspecified atom stereocenters. The molecule has 3 N–H and O–H groups in total. The van der Waals surface area contributed by atoms with Crippen LogP contribution in [0, 0.1) is 17.5 Å². The van der Waals surface area contributed by atoms with Crippen molar-refractivity contribution in [3.8, 4) is 22.9 Å². The van der Waals surface area contributed by atoms with Crippen molar-refractivity contribution in [3.05, 3.63) is 89.5 Å². The fourth-order valence-corrected chi connectivity index (χ4v) is 5.02. The summed E-state index contributed by atoms with van der Waals surface area (Å²) in [6, 6.07) is 8.91. The second-order valence-corrected chi connectivity index (χ2v) is 10.7. The summed E-state index contributed by atoms with van der Waals surface area (Å²) in [7, 11) is -0.602. The highest BCUT2D eigenvalue weighted by atomic mass is 32.2. The molecule has 16 heteroatoms. The largest absolute Gasteiger partial charge is 0.435 e. The maximum absolute atomic E-state index is 14.8. The Bertz CT molecular complexity index is 1620. The number of aromatic nitrogens is 3. The van der Waals surface area contributed by atoms with Crippen LogP contribution < -0.4 is 20.1 Å². The van der Waals surface area contributed by atoms with Crippen molar-refractivity contribution in [1.82, 2.24) is 20.3 Å². The van der Waals surface area contributed by atoms with E-state index in [4.69, 9.17) is 4.74 Å². The van der Waals surface area contributed by atoms with Gasteiger partial charge in [0.25, 0.3) is 0 Å². The van der Waals surface area contributed by atoms with Gasteiger partial charge in [0.2, 0.25) is 17.6 Å². The number of rotatable bonds is 8. The standard InChI is InChI=1S/C24H17F6N5O2S.C5H10FN/c1-31-23-33-10-8-17(34-23)15-3-2-9-32-22(15)37-18-11-16(25)21(20(27)19(18)26)35-38(36)12-13-4-6-14(7-5-13)24(28,29)30;6-5-2-1-3-7-4-5/h2-11,35H,12H2,1H3,(H,31,33,34);5,7H,1-4H2. The molecule has 1 aliphatic heterocycles. The highest BCUT2D eigenvalue weighted by Gasteiger charge is 2.30. The van der Waals surface area contributed by atoms with Gasteiger partial charge in [0.05, 0.1) is 22.6 Å². The Kier molecular flexibility index (Phi) is 11.3. The van der Waals surface area contributed by atoms with E-state index in [0.717, 1.165) is 43.7 Å². The van der Waals surface area contributed by atoms with Gasteiger partial charge in [-0.25, -0.2) is 32.3 Å². The first kappa shape index (κ1) is 33.6.